The van der Waals surface area contributed by atoms with Crippen LogP contribution in [0.2, 0.25) is 0 Å². The molecular weight excluding hydrogens is 320 g/mol. The van der Waals surface area contributed by atoms with Crippen LogP contribution in [0.4, 0.5) is 0 Å². The molecule has 3 nitrogen and oxygen atoms in total. The lowest BCUT2D eigenvalue weighted by Crippen LogP contribution is -2.06. The minimum atomic E-state index is 0.0957. The highest BCUT2D eigenvalue weighted by Crippen LogP contribution is 2.38. The van der Waals surface area contributed by atoms with Gasteiger partial charge in [-0.1, -0.05) is 11.6 Å². The topological polar surface area (TPSA) is 35.5 Å². The minimum Gasteiger partial charge on any atom is -0.495 e. The Bertz CT molecular complexity index is 535. The van der Waals surface area contributed by atoms with Crippen LogP contribution < -0.4 is 9.47 Å². The Hall–Kier alpha value is -1.29. The van der Waals surface area contributed by atoms with Gasteiger partial charge in [0.25, 0.3) is 0 Å². The molecule has 1 aliphatic carbocycles. The second kappa shape index (κ2) is 6.93. The van der Waals surface area contributed by atoms with Crippen molar-refractivity contribution in [2.24, 2.45) is 0 Å². The van der Waals surface area contributed by atoms with Crippen LogP contribution in [0, 0.1) is 0 Å². The molecule has 0 amide bonds. The molecule has 0 aliphatic heterocycles. The van der Waals surface area contributed by atoms with E-state index in [0.29, 0.717) is 28.0 Å². The number of methoxy groups -OCH3 is 2. The smallest absolute Gasteiger partial charge is 0.170 e. The van der Waals surface area contributed by atoms with Gasteiger partial charge in [-0.3, -0.25) is 4.79 Å². The van der Waals surface area contributed by atoms with Crippen molar-refractivity contribution in [1.29, 1.82) is 0 Å². The highest BCUT2D eigenvalue weighted by molar-refractivity contribution is 9.10. The van der Waals surface area contributed by atoms with Crippen molar-refractivity contribution in [3.63, 3.8) is 0 Å². The Morgan fingerprint density at radius 3 is 2.65 bits per heavy atom. The van der Waals surface area contributed by atoms with Gasteiger partial charge in [0.15, 0.2) is 5.78 Å². The fourth-order valence-corrected chi connectivity index (χ4v) is 3.15. The number of ether oxygens (including phenoxy) is 2. The molecule has 0 heterocycles. The van der Waals surface area contributed by atoms with E-state index in [9.17, 15) is 4.79 Å². The number of benzene rings is 1. The summed E-state index contributed by atoms with van der Waals surface area (Å²) in [5.41, 5.74) is 1.85. The Morgan fingerprint density at radius 1 is 1.25 bits per heavy atom. The summed E-state index contributed by atoms with van der Waals surface area (Å²) >= 11 is 3.43. The molecule has 0 saturated heterocycles. The lowest BCUT2D eigenvalue weighted by Gasteiger charge is -2.15. The molecule has 0 unspecified atom stereocenters. The molecule has 2 rings (SSSR count). The largest absolute Gasteiger partial charge is 0.495 e. The first-order chi connectivity index (χ1) is 9.67. The maximum absolute atomic E-state index is 12.5. The van der Waals surface area contributed by atoms with Crippen molar-refractivity contribution in [3.05, 3.63) is 33.8 Å². The normalized spacial score (nSPS) is 14.7. The molecule has 0 aromatic heterocycles. The van der Waals surface area contributed by atoms with Gasteiger partial charge in [-0.25, -0.2) is 0 Å². The summed E-state index contributed by atoms with van der Waals surface area (Å²) in [4.78, 5) is 12.5. The molecule has 1 aromatic carbocycles. The first kappa shape index (κ1) is 15.1. The van der Waals surface area contributed by atoms with Gasteiger partial charge in [-0.2, -0.15) is 0 Å². The summed E-state index contributed by atoms with van der Waals surface area (Å²) in [6.07, 6.45) is 7.22. The van der Waals surface area contributed by atoms with Crippen LogP contribution in [0.3, 0.4) is 0 Å². The average Bonchev–Trinajstić information content (AvgIpc) is 2.47. The zero-order chi connectivity index (χ0) is 14.5. The van der Waals surface area contributed by atoms with Crippen molar-refractivity contribution >= 4 is 21.7 Å². The third kappa shape index (κ3) is 3.23. The van der Waals surface area contributed by atoms with Crippen molar-refractivity contribution in [3.8, 4) is 11.5 Å². The standard InChI is InChI=1S/C16H19BrO3/c1-19-14-9-8-12(16(20-2)15(14)17)13(18)10-11-6-4-3-5-7-11/h6,8-9H,3-5,7,10H2,1-2H3. The minimum absolute atomic E-state index is 0.0957. The van der Waals surface area contributed by atoms with E-state index in [1.165, 1.54) is 18.4 Å². The lowest BCUT2D eigenvalue weighted by molar-refractivity contribution is 0.0988. The third-order valence-electron chi connectivity index (χ3n) is 3.56. The molecule has 0 N–H and O–H groups in total. The SMILES string of the molecule is COc1ccc(C(=O)CC2=CCCCC2)c(OC)c1Br. The summed E-state index contributed by atoms with van der Waals surface area (Å²) in [6, 6.07) is 3.56. The fourth-order valence-electron chi connectivity index (χ4n) is 2.48. The van der Waals surface area contributed by atoms with E-state index in [-0.39, 0.29) is 5.78 Å². The average molecular weight is 339 g/mol. The van der Waals surface area contributed by atoms with E-state index < -0.39 is 0 Å². The number of carbonyl (C=O) groups excluding carboxylic acids is 1. The summed E-state index contributed by atoms with van der Waals surface area (Å²) in [5.74, 6) is 1.30. The molecule has 1 aliphatic rings. The zero-order valence-corrected chi connectivity index (χ0v) is 13.5. The molecule has 108 valence electrons. The van der Waals surface area contributed by atoms with Crippen LogP contribution in [0.5, 0.6) is 11.5 Å². The second-order valence-electron chi connectivity index (χ2n) is 4.87. The zero-order valence-electron chi connectivity index (χ0n) is 11.9. The maximum Gasteiger partial charge on any atom is 0.170 e. The van der Waals surface area contributed by atoms with E-state index in [4.69, 9.17) is 9.47 Å². The molecule has 0 fully saturated rings. The van der Waals surface area contributed by atoms with Crippen LogP contribution in [-0.4, -0.2) is 20.0 Å². The predicted molar refractivity (Wildman–Crippen MR) is 82.7 cm³/mol. The number of Topliss-reactive ketones (excluding diaryl/α,β-unsaturated/α-hetero) is 1. The highest BCUT2D eigenvalue weighted by Gasteiger charge is 2.19. The van der Waals surface area contributed by atoms with E-state index in [1.807, 2.05) is 0 Å². The van der Waals surface area contributed by atoms with Crippen LogP contribution in [0.1, 0.15) is 42.5 Å². The van der Waals surface area contributed by atoms with E-state index in [2.05, 4.69) is 22.0 Å². The van der Waals surface area contributed by atoms with Crippen molar-refractivity contribution < 1.29 is 14.3 Å². The van der Waals surface area contributed by atoms with Crippen molar-refractivity contribution in [1.82, 2.24) is 0 Å². The number of carbonyl (C=O) groups is 1. The van der Waals surface area contributed by atoms with E-state index in [1.54, 1.807) is 26.4 Å². The molecule has 4 heteroatoms. The molecule has 20 heavy (non-hydrogen) atoms. The predicted octanol–water partition coefficient (Wildman–Crippen LogP) is 4.54. The molecule has 0 spiro atoms. The molecule has 0 saturated carbocycles. The summed E-state index contributed by atoms with van der Waals surface area (Å²) in [5, 5.41) is 0. The molecule has 0 bridgehead atoms. The number of ketones is 1. The van der Waals surface area contributed by atoms with Crippen LogP contribution in [0.15, 0.2) is 28.3 Å². The van der Waals surface area contributed by atoms with Gasteiger partial charge in [-0.05, 0) is 53.7 Å². The van der Waals surface area contributed by atoms with Gasteiger partial charge in [-0.15, -0.1) is 0 Å². The Kier molecular flexibility index (Phi) is 5.24. The van der Waals surface area contributed by atoms with Gasteiger partial charge in [0, 0.05) is 6.42 Å². The second-order valence-corrected chi connectivity index (χ2v) is 5.66. The van der Waals surface area contributed by atoms with E-state index >= 15 is 0 Å². The summed E-state index contributed by atoms with van der Waals surface area (Å²) in [6.45, 7) is 0. The fraction of sp³-hybridized carbons (Fsp3) is 0.438. The summed E-state index contributed by atoms with van der Waals surface area (Å²) < 4.78 is 11.3. The molecular formula is C16H19BrO3. The molecule has 0 atom stereocenters. The third-order valence-corrected chi connectivity index (χ3v) is 4.31. The Labute approximate surface area is 128 Å². The maximum atomic E-state index is 12.5. The van der Waals surface area contributed by atoms with Gasteiger partial charge in [0.05, 0.1) is 19.8 Å². The number of rotatable bonds is 5. The van der Waals surface area contributed by atoms with Gasteiger partial charge in [0.2, 0.25) is 0 Å². The first-order valence-corrected chi connectivity index (χ1v) is 7.58. The van der Waals surface area contributed by atoms with Gasteiger partial charge in [0.1, 0.15) is 16.0 Å². The first-order valence-electron chi connectivity index (χ1n) is 6.79. The van der Waals surface area contributed by atoms with Gasteiger partial charge >= 0.3 is 0 Å². The molecule has 1 aromatic rings. The van der Waals surface area contributed by atoms with Gasteiger partial charge < -0.3 is 9.47 Å². The van der Waals surface area contributed by atoms with E-state index in [0.717, 1.165) is 12.8 Å². The quantitative estimate of drug-likeness (QED) is 0.584. The monoisotopic (exact) mass is 338 g/mol. The van der Waals surface area contributed by atoms with Crippen LogP contribution in [-0.2, 0) is 0 Å². The van der Waals surface area contributed by atoms with Crippen LogP contribution >= 0.6 is 15.9 Å². The lowest BCUT2D eigenvalue weighted by atomic mass is 9.93. The summed E-state index contributed by atoms with van der Waals surface area (Å²) in [7, 11) is 3.16. The number of hydrogen-bond acceptors (Lipinski definition) is 3. The van der Waals surface area contributed by atoms with Crippen molar-refractivity contribution in [2.75, 3.05) is 14.2 Å². The number of allylic oxidation sites excluding steroid dienone is 2. The Morgan fingerprint density at radius 2 is 2.05 bits per heavy atom. The molecule has 0 radical (unpaired) electrons. The number of halogens is 1. The van der Waals surface area contributed by atoms with Crippen LogP contribution in [0.25, 0.3) is 0 Å². The van der Waals surface area contributed by atoms with Crippen molar-refractivity contribution in [2.45, 2.75) is 32.1 Å². The highest BCUT2D eigenvalue weighted by atomic mass is 79.9. The number of hydrogen-bond donors (Lipinski definition) is 0. The Balaban J connectivity index is 2.25.